The fourth-order valence-corrected chi connectivity index (χ4v) is 6.07. The molecule has 0 amide bonds. The third kappa shape index (κ3) is 6.30. The third-order valence-electron chi connectivity index (χ3n) is 5.39. The van der Waals surface area contributed by atoms with Crippen molar-refractivity contribution in [3.05, 3.63) is 96.1 Å². The Morgan fingerprint density at radius 2 is 1.37 bits per heavy atom. The van der Waals surface area contributed by atoms with E-state index in [0.717, 1.165) is 17.3 Å². The zero-order valence-electron chi connectivity index (χ0n) is 19.6. The highest BCUT2D eigenvalue weighted by molar-refractivity contribution is 8.02. The van der Waals surface area contributed by atoms with Gasteiger partial charge >= 0.3 is 11.9 Å². The first kappa shape index (κ1) is 26.5. The van der Waals surface area contributed by atoms with Gasteiger partial charge in [-0.1, -0.05) is 78.0 Å². The van der Waals surface area contributed by atoms with Crippen LogP contribution in [0.5, 0.6) is 0 Å². The van der Waals surface area contributed by atoms with Crippen LogP contribution in [0.4, 0.5) is 0 Å². The number of esters is 2. The van der Waals surface area contributed by atoms with Crippen molar-refractivity contribution < 1.29 is 27.5 Å². The van der Waals surface area contributed by atoms with E-state index in [9.17, 15) is 18.0 Å². The maximum Gasteiger partial charge on any atom is 0.333 e. The molecule has 0 saturated heterocycles. The van der Waals surface area contributed by atoms with E-state index in [1.54, 1.807) is 66.7 Å². The Morgan fingerprint density at radius 1 is 0.857 bits per heavy atom. The van der Waals surface area contributed by atoms with Crippen molar-refractivity contribution in [2.45, 2.75) is 33.9 Å². The van der Waals surface area contributed by atoms with E-state index in [-0.39, 0.29) is 11.3 Å². The van der Waals surface area contributed by atoms with Gasteiger partial charge in [-0.3, -0.25) is 0 Å². The Bertz CT molecular complexity index is 1230. The molecule has 0 aliphatic carbocycles. The van der Waals surface area contributed by atoms with E-state index >= 15 is 0 Å². The summed E-state index contributed by atoms with van der Waals surface area (Å²) in [5.74, 6) is -1.68. The fraction of sp³-hybridized carbons (Fsp3) is 0.231. The number of carbonyl (C=O) groups excluding carboxylic acids is 2. The highest BCUT2D eigenvalue weighted by atomic mass is 32.2. The second-order valence-electron chi connectivity index (χ2n) is 7.83. The lowest BCUT2D eigenvalue weighted by Gasteiger charge is -2.32. The number of hydrogen-bond acceptors (Lipinski definition) is 7. The monoisotopic (exact) mass is 513 g/mol. The number of methoxy groups -OCH3 is 2. The molecular weight excluding hydrogens is 486 g/mol. The number of nitrogens with one attached hydrogen (secondary N) is 1. The molecule has 0 saturated carbocycles. The first-order valence-corrected chi connectivity index (χ1v) is 13.1. The van der Waals surface area contributed by atoms with Crippen LogP contribution in [0.15, 0.2) is 94.7 Å². The Hall–Kier alpha value is -3.14. The molecule has 0 spiro atoms. The van der Waals surface area contributed by atoms with Crippen LogP contribution in [-0.4, -0.2) is 39.3 Å². The third-order valence-corrected chi connectivity index (χ3v) is 8.23. The standard InChI is InChI=1S/C26H27NO6S2/c1-19-14-16-22(17-15-19)35(30,31)27-23(20-10-6-4-7-11-20)18-26(24(28)32-2,25(29)33-3)34-21-12-8-5-9-13-21/h4-17,23,27H,18H2,1-3H3. The molecule has 0 aliphatic heterocycles. The Kier molecular flexibility index (Phi) is 8.71. The van der Waals surface area contributed by atoms with Crippen molar-refractivity contribution >= 4 is 33.7 Å². The van der Waals surface area contributed by atoms with E-state index in [2.05, 4.69) is 4.72 Å². The molecule has 1 N–H and O–H groups in total. The first-order chi connectivity index (χ1) is 16.7. The summed E-state index contributed by atoms with van der Waals surface area (Å²) < 4.78 is 37.5. The smallest absolute Gasteiger partial charge is 0.333 e. The average Bonchev–Trinajstić information content (AvgIpc) is 2.88. The number of thioether (sulfide) groups is 1. The zero-order chi connectivity index (χ0) is 25.5. The van der Waals surface area contributed by atoms with E-state index in [1.165, 1.54) is 26.4 Å². The van der Waals surface area contributed by atoms with Gasteiger partial charge < -0.3 is 9.47 Å². The number of aryl methyl sites for hydroxylation is 1. The Labute approximate surface area is 209 Å². The lowest BCUT2D eigenvalue weighted by molar-refractivity contribution is -0.156. The number of sulfonamides is 1. The highest BCUT2D eigenvalue weighted by Crippen LogP contribution is 2.42. The molecule has 184 valence electrons. The van der Waals surface area contributed by atoms with Gasteiger partial charge in [0.1, 0.15) is 0 Å². The van der Waals surface area contributed by atoms with E-state index < -0.39 is 32.8 Å². The molecule has 1 unspecified atom stereocenters. The quantitative estimate of drug-likeness (QED) is 0.245. The van der Waals surface area contributed by atoms with Gasteiger partial charge in [0.2, 0.25) is 14.8 Å². The maximum absolute atomic E-state index is 13.3. The van der Waals surface area contributed by atoms with Gasteiger partial charge in [0.25, 0.3) is 0 Å². The van der Waals surface area contributed by atoms with Gasteiger partial charge in [-0.2, -0.15) is 0 Å². The molecule has 3 aromatic carbocycles. The molecule has 0 aromatic heterocycles. The molecule has 7 nitrogen and oxygen atoms in total. The Balaban J connectivity index is 2.10. The van der Waals surface area contributed by atoms with Crippen LogP contribution < -0.4 is 4.72 Å². The summed E-state index contributed by atoms with van der Waals surface area (Å²) in [6.45, 7) is 1.86. The summed E-state index contributed by atoms with van der Waals surface area (Å²) in [5, 5.41) is 0. The van der Waals surface area contributed by atoms with Gasteiger partial charge in [0.15, 0.2) is 0 Å². The largest absolute Gasteiger partial charge is 0.468 e. The molecule has 9 heteroatoms. The second-order valence-corrected chi connectivity index (χ2v) is 10.9. The molecule has 3 rings (SSSR count). The number of hydrogen-bond donors (Lipinski definition) is 1. The minimum atomic E-state index is -4.00. The topological polar surface area (TPSA) is 98.8 Å². The molecule has 35 heavy (non-hydrogen) atoms. The fourth-order valence-electron chi connectivity index (χ4n) is 3.57. The maximum atomic E-state index is 13.3. The summed E-state index contributed by atoms with van der Waals surface area (Å²) in [4.78, 5) is 27.0. The normalized spacial score (nSPS) is 12.5. The summed E-state index contributed by atoms with van der Waals surface area (Å²) in [5.41, 5.74) is 1.49. The van der Waals surface area contributed by atoms with Gasteiger partial charge in [-0.25, -0.2) is 22.7 Å². The minimum Gasteiger partial charge on any atom is -0.468 e. The lowest BCUT2D eigenvalue weighted by Crippen LogP contribution is -2.48. The highest BCUT2D eigenvalue weighted by Gasteiger charge is 2.52. The molecule has 0 bridgehead atoms. The van der Waals surface area contributed by atoms with Crippen molar-refractivity contribution in [1.82, 2.24) is 4.72 Å². The van der Waals surface area contributed by atoms with Gasteiger partial charge in [-0.15, -0.1) is 0 Å². The van der Waals surface area contributed by atoms with E-state index in [1.807, 2.05) is 13.0 Å². The van der Waals surface area contributed by atoms with Gasteiger partial charge in [0.05, 0.1) is 19.1 Å². The van der Waals surface area contributed by atoms with Crippen LogP contribution in [0, 0.1) is 6.92 Å². The second kappa shape index (κ2) is 11.5. The molecule has 1 atom stereocenters. The lowest BCUT2D eigenvalue weighted by atomic mass is 9.94. The zero-order valence-corrected chi connectivity index (χ0v) is 21.3. The van der Waals surface area contributed by atoms with Crippen molar-refractivity contribution in [1.29, 1.82) is 0 Å². The van der Waals surface area contributed by atoms with E-state index in [4.69, 9.17) is 9.47 Å². The molecule has 3 aromatic rings. The molecule has 0 heterocycles. The van der Waals surface area contributed by atoms with Crippen LogP contribution in [0.2, 0.25) is 0 Å². The SMILES string of the molecule is COC(=O)C(CC(NS(=O)(=O)c1ccc(C)cc1)c1ccccc1)(Sc1ccccc1)C(=O)OC. The summed E-state index contributed by atoms with van der Waals surface area (Å²) in [7, 11) is -1.64. The number of rotatable bonds is 10. The summed E-state index contributed by atoms with van der Waals surface area (Å²) >= 11 is 0.964. The van der Waals surface area contributed by atoms with Crippen molar-refractivity contribution in [2.24, 2.45) is 0 Å². The summed E-state index contributed by atoms with van der Waals surface area (Å²) in [6.07, 6.45) is -0.249. The minimum absolute atomic E-state index is 0.0708. The van der Waals surface area contributed by atoms with Gasteiger partial charge in [0, 0.05) is 17.4 Å². The Morgan fingerprint density at radius 3 is 1.89 bits per heavy atom. The van der Waals surface area contributed by atoms with Crippen molar-refractivity contribution in [3.63, 3.8) is 0 Å². The average molecular weight is 514 g/mol. The van der Waals surface area contributed by atoms with Crippen LogP contribution >= 0.6 is 11.8 Å². The number of ether oxygens (including phenoxy) is 2. The molecule has 0 radical (unpaired) electrons. The van der Waals surface area contributed by atoms with Crippen LogP contribution in [0.1, 0.15) is 23.6 Å². The van der Waals surface area contributed by atoms with Crippen molar-refractivity contribution in [3.8, 4) is 0 Å². The predicted octanol–water partition coefficient (Wildman–Crippen LogP) is 4.28. The van der Waals surface area contributed by atoms with Gasteiger partial charge in [-0.05, 0) is 36.8 Å². The van der Waals surface area contributed by atoms with E-state index in [0.29, 0.717) is 10.5 Å². The predicted molar refractivity (Wildman–Crippen MR) is 134 cm³/mol. The number of benzene rings is 3. The molecular formula is C26H27NO6S2. The van der Waals surface area contributed by atoms with Crippen LogP contribution in [0.25, 0.3) is 0 Å². The first-order valence-electron chi connectivity index (χ1n) is 10.8. The van der Waals surface area contributed by atoms with Crippen LogP contribution in [0.3, 0.4) is 0 Å². The van der Waals surface area contributed by atoms with Crippen LogP contribution in [-0.2, 0) is 29.1 Å². The summed E-state index contributed by atoms with van der Waals surface area (Å²) in [6, 6.07) is 23.1. The number of carbonyl (C=O) groups is 2. The van der Waals surface area contributed by atoms with Crippen molar-refractivity contribution in [2.75, 3.05) is 14.2 Å². The molecule has 0 fully saturated rings. The molecule has 0 aliphatic rings.